The fourth-order valence-corrected chi connectivity index (χ4v) is 3.90. The maximum Gasteiger partial charge on any atom is 0.329 e. The maximum atomic E-state index is 13.9. The highest BCUT2D eigenvalue weighted by atomic mass is 19.1. The van der Waals surface area contributed by atoms with E-state index < -0.39 is 36.4 Å². The number of Topliss-reactive ketones (excluding diaryl/α,β-unsaturated/α-hetero) is 1. The van der Waals surface area contributed by atoms with Crippen molar-refractivity contribution in [2.24, 2.45) is 0 Å². The van der Waals surface area contributed by atoms with Crippen LogP contribution in [0.1, 0.15) is 27.9 Å². The highest BCUT2D eigenvalue weighted by molar-refractivity contribution is 5.98. The van der Waals surface area contributed by atoms with Crippen LogP contribution < -0.4 is 4.74 Å². The molecule has 7 nitrogen and oxygen atoms in total. The van der Waals surface area contributed by atoms with Gasteiger partial charge in [0, 0.05) is 24.9 Å². The minimum Gasteiger partial charge on any atom is -0.493 e. The molecule has 1 amide bonds. The number of fused-ring (bicyclic) bond motifs is 1. The van der Waals surface area contributed by atoms with Gasteiger partial charge in [0.05, 0.1) is 19.1 Å². The summed E-state index contributed by atoms with van der Waals surface area (Å²) in [5.41, 5.74) is 1.55. The number of rotatable bonds is 6. The largest absolute Gasteiger partial charge is 0.493 e. The number of ketones is 1. The van der Waals surface area contributed by atoms with Crippen LogP contribution in [0.25, 0.3) is 0 Å². The summed E-state index contributed by atoms with van der Waals surface area (Å²) in [6, 6.07) is 9.92. The third-order valence-electron chi connectivity index (χ3n) is 5.53. The molecule has 4 rings (SSSR count). The Balaban J connectivity index is 1.38. The van der Waals surface area contributed by atoms with Gasteiger partial charge in [0.25, 0.3) is 0 Å². The SMILES string of the molecule is O=C(COC(=O)C1CC(O)CN1C(=O)Cc1ccccc1F)c1ccc2c(c1)CCO2. The van der Waals surface area contributed by atoms with E-state index in [2.05, 4.69) is 0 Å². The first-order valence-electron chi connectivity index (χ1n) is 10.1. The standard InChI is InChI=1S/C23H22FNO6/c24-18-4-2-1-3-14(18)10-22(28)25-12-17(26)11-19(25)23(29)31-13-20(27)15-5-6-21-16(9-15)7-8-30-21/h1-6,9,17,19,26H,7-8,10-13H2. The number of benzene rings is 2. The van der Waals surface area contributed by atoms with E-state index in [9.17, 15) is 23.9 Å². The van der Waals surface area contributed by atoms with E-state index in [-0.39, 0.29) is 30.7 Å². The normalized spacial score (nSPS) is 19.6. The Morgan fingerprint density at radius 1 is 1.19 bits per heavy atom. The minimum atomic E-state index is -1.02. The molecule has 1 fully saturated rings. The lowest BCUT2D eigenvalue weighted by Gasteiger charge is -2.23. The molecule has 31 heavy (non-hydrogen) atoms. The smallest absolute Gasteiger partial charge is 0.329 e. The number of ether oxygens (including phenoxy) is 2. The van der Waals surface area contributed by atoms with Gasteiger partial charge >= 0.3 is 5.97 Å². The molecule has 2 heterocycles. The summed E-state index contributed by atoms with van der Waals surface area (Å²) in [7, 11) is 0. The lowest BCUT2D eigenvalue weighted by Crippen LogP contribution is -2.42. The second-order valence-corrected chi connectivity index (χ2v) is 7.67. The van der Waals surface area contributed by atoms with Crippen LogP contribution in [0.5, 0.6) is 5.75 Å². The molecular formula is C23H22FNO6. The zero-order valence-corrected chi connectivity index (χ0v) is 16.8. The van der Waals surface area contributed by atoms with E-state index in [1.165, 1.54) is 23.1 Å². The second kappa shape index (κ2) is 8.85. The minimum absolute atomic E-state index is 0.00617. The number of likely N-dealkylation sites (tertiary alicyclic amines) is 1. The van der Waals surface area contributed by atoms with Crippen LogP contribution in [0.4, 0.5) is 4.39 Å². The number of esters is 1. The molecule has 2 aliphatic heterocycles. The first-order chi connectivity index (χ1) is 14.9. The van der Waals surface area contributed by atoms with Gasteiger partial charge in [-0.25, -0.2) is 9.18 Å². The van der Waals surface area contributed by atoms with Crippen molar-refractivity contribution in [1.82, 2.24) is 4.90 Å². The Kier molecular flexibility index (Phi) is 5.99. The molecule has 162 valence electrons. The zero-order valence-electron chi connectivity index (χ0n) is 16.8. The Labute approximate surface area is 178 Å². The first kappa shape index (κ1) is 21.0. The third-order valence-corrected chi connectivity index (χ3v) is 5.53. The van der Waals surface area contributed by atoms with Crippen molar-refractivity contribution in [3.63, 3.8) is 0 Å². The average Bonchev–Trinajstić information content (AvgIpc) is 3.39. The number of aliphatic hydroxyl groups excluding tert-OH is 1. The molecule has 2 aromatic rings. The van der Waals surface area contributed by atoms with Crippen molar-refractivity contribution < 1.29 is 33.4 Å². The summed E-state index contributed by atoms with van der Waals surface area (Å²) in [6.45, 7) is 0.0505. The lowest BCUT2D eigenvalue weighted by molar-refractivity contribution is -0.152. The van der Waals surface area contributed by atoms with Gasteiger partial charge in [-0.1, -0.05) is 18.2 Å². The summed E-state index contributed by atoms with van der Waals surface area (Å²) in [5, 5.41) is 9.98. The van der Waals surface area contributed by atoms with E-state index in [1.54, 1.807) is 24.3 Å². The summed E-state index contributed by atoms with van der Waals surface area (Å²) in [5.74, 6) is -1.40. The Hall–Kier alpha value is -3.26. The van der Waals surface area contributed by atoms with Crippen LogP contribution in [0.2, 0.25) is 0 Å². The van der Waals surface area contributed by atoms with E-state index in [4.69, 9.17) is 9.47 Å². The van der Waals surface area contributed by atoms with Gasteiger partial charge in [-0.05, 0) is 35.4 Å². The number of hydrogen-bond acceptors (Lipinski definition) is 6. The van der Waals surface area contributed by atoms with E-state index in [0.717, 1.165) is 17.7 Å². The Morgan fingerprint density at radius 3 is 2.81 bits per heavy atom. The van der Waals surface area contributed by atoms with Crippen LogP contribution in [0.15, 0.2) is 42.5 Å². The number of β-amino-alcohol motifs (C(OH)–C–C–N with tert-alkyl or cyclic N) is 1. The number of amides is 1. The van der Waals surface area contributed by atoms with Gasteiger partial charge in [-0.2, -0.15) is 0 Å². The topological polar surface area (TPSA) is 93.1 Å². The van der Waals surface area contributed by atoms with Gasteiger partial charge < -0.3 is 19.5 Å². The molecule has 2 aromatic carbocycles. The van der Waals surface area contributed by atoms with E-state index in [0.29, 0.717) is 12.2 Å². The summed E-state index contributed by atoms with van der Waals surface area (Å²) >= 11 is 0. The number of carbonyl (C=O) groups excluding carboxylic acids is 3. The summed E-state index contributed by atoms with van der Waals surface area (Å²) < 4.78 is 24.4. The van der Waals surface area contributed by atoms with Gasteiger partial charge in [-0.3, -0.25) is 9.59 Å². The number of nitrogens with zero attached hydrogens (tertiary/aromatic N) is 1. The lowest BCUT2D eigenvalue weighted by atomic mass is 10.1. The highest BCUT2D eigenvalue weighted by Crippen LogP contribution is 2.26. The first-order valence-corrected chi connectivity index (χ1v) is 10.1. The molecule has 1 N–H and O–H groups in total. The summed E-state index contributed by atoms with van der Waals surface area (Å²) in [6.07, 6.45) is -0.407. The molecule has 2 aliphatic rings. The number of carbonyl (C=O) groups is 3. The molecule has 2 unspecified atom stereocenters. The van der Waals surface area contributed by atoms with Gasteiger partial charge in [0.15, 0.2) is 12.4 Å². The molecule has 0 spiro atoms. The van der Waals surface area contributed by atoms with Crippen molar-refractivity contribution in [3.05, 3.63) is 65.0 Å². The predicted octanol–water partition coefficient (Wildman–Crippen LogP) is 1.69. The fourth-order valence-electron chi connectivity index (χ4n) is 3.90. The highest BCUT2D eigenvalue weighted by Gasteiger charge is 2.40. The van der Waals surface area contributed by atoms with Crippen LogP contribution in [-0.4, -0.2) is 59.6 Å². The molecular weight excluding hydrogens is 405 g/mol. The zero-order chi connectivity index (χ0) is 22.0. The number of halogens is 1. The molecule has 0 saturated carbocycles. The quantitative estimate of drug-likeness (QED) is 0.557. The Morgan fingerprint density at radius 2 is 2.00 bits per heavy atom. The van der Waals surface area contributed by atoms with Gasteiger partial charge in [0.1, 0.15) is 17.6 Å². The van der Waals surface area contributed by atoms with Crippen molar-refractivity contribution >= 4 is 17.7 Å². The van der Waals surface area contributed by atoms with Crippen LogP contribution in [0, 0.1) is 5.82 Å². The Bertz CT molecular complexity index is 1020. The molecule has 0 aliphatic carbocycles. The maximum absolute atomic E-state index is 13.9. The van der Waals surface area contributed by atoms with Crippen molar-refractivity contribution in [2.45, 2.75) is 31.4 Å². The van der Waals surface area contributed by atoms with Gasteiger partial charge in [0.2, 0.25) is 5.91 Å². The summed E-state index contributed by atoms with van der Waals surface area (Å²) in [4.78, 5) is 38.9. The van der Waals surface area contributed by atoms with E-state index >= 15 is 0 Å². The molecule has 2 atom stereocenters. The third kappa shape index (κ3) is 4.59. The second-order valence-electron chi connectivity index (χ2n) is 7.67. The number of hydrogen-bond donors (Lipinski definition) is 1. The monoisotopic (exact) mass is 427 g/mol. The molecule has 0 bridgehead atoms. The van der Waals surface area contributed by atoms with Crippen LogP contribution >= 0.6 is 0 Å². The van der Waals surface area contributed by atoms with Gasteiger partial charge in [-0.15, -0.1) is 0 Å². The van der Waals surface area contributed by atoms with E-state index in [1.807, 2.05) is 0 Å². The van der Waals surface area contributed by atoms with Crippen molar-refractivity contribution in [2.75, 3.05) is 19.8 Å². The molecule has 1 saturated heterocycles. The average molecular weight is 427 g/mol. The van der Waals surface area contributed by atoms with Crippen LogP contribution in [-0.2, 0) is 27.2 Å². The predicted molar refractivity (Wildman–Crippen MR) is 107 cm³/mol. The molecule has 0 aromatic heterocycles. The van der Waals surface area contributed by atoms with Crippen molar-refractivity contribution in [1.29, 1.82) is 0 Å². The number of aliphatic hydroxyl groups is 1. The molecule has 0 radical (unpaired) electrons. The van der Waals surface area contributed by atoms with Crippen LogP contribution in [0.3, 0.4) is 0 Å². The van der Waals surface area contributed by atoms with Crippen molar-refractivity contribution in [3.8, 4) is 5.75 Å². The molecule has 8 heteroatoms. The fraction of sp³-hybridized carbons (Fsp3) is 0.348.